The van der Waals surface area contributed by atoms with Crippen LogP contribution in [0, 0.1) is 4.77 Å². The Balaban J connectivity index is 2.33. The molecule has 0 aliphatic carbocycles. The van der Waals surface area contributed by atoms with Crippen molar-refractivity contribution in [3.8, 4) is 0 Å². The molecule has 0 fully saturated rings. The summed E-state index contributed by atoms with van der Waals surface area (Å²) < 4.78 is 5.46. The molecule has 0 aliphatic rings. The van der Waals surface area contributed by atoms with Crippen molar-refractivity contribution in [1.29, 1.82) is 0 Å². The van der Waals surface area contributed by atoms with Crippen LogP contribution >= 0.6 is 12.2 Å². The highest BCUT2D eigenvalue weighted by molar-refractivity contribution is 7.71. The van der Waals surface area contributed by atoms with Crippen molar-refractivity contribution in [3.05, 3.63) is 17.2 Å². The Hall–Kier alpha value is -0.570. The van der Waals surface area contributed by atoms with Gasteiger partial charge in [-0.25, -0.2) is 0 Å². The molecule has 0 amide bonds. The molecule has 1 heterocycles. The van der Waals surface area contributed by atoms with Crippen LogP contribution in [0.25, 0.3) is 0 Å². The smallest absolute Gasteiger partial charge is 0.179 e. The maximum absolute atomic E-state index is 5.51. The molecule has 2 nitrogen and oxygen atoms in total. The minimum atomic E-state index is 1.00. The van der Waals surface area contributed by atoms with Crippen molar-refractivity contribution in [2.75, 3.05) is 0 Å². The Morgan fingerprint density at radius 1 is 0.778 bits per heavy atom. The largest absolute Gasteiger partial charge is 0.324 e. The molecule has 0 unspecified atom stereocenters. The average molecular weight is 268 g/mol. The molecule has 1 aromatic heterocycles. The summed E-state index contributed by atoms with van der Waals surface area (Å²) in [6.07, 6.45) is 14.7. The molecule has 0 atom stereocenters. The number of rotatable bonds is 10. The maximum atomic E-state index is 5.51. The second kappa shape index (κ2) is 9.37. The first-order chi connectivity index (χ1) is 8.79. The molecule has 0 bridgehead atoms. The molecule has 0 N–H and O–H groups in total. The summed E-state index contributed by atoms with van der Waals surface area (Å²) in [7, 11) is 0. The first kappa shape index (κ1) is 15.5. The lowest BCUT2D eigenvalue weighted by atomic mass is 10.2. The van der Waals surface area contributed by atoms with Crippen molar-refractivity contribution in [2.45, 2.75) is 78.3 Å². The quantitative estimate of drug-likeness (QED) is 0.420. The van der Waals surface area contributed by atoms with Gasteiger partial charge in [0.05, 0.1) is 0 Å². The number of nitrogens with zero attached hydrogens (tertiary/aromatic N) is 2. The van der Waals surface area contributed by atoms with Crippen molar-refractivity contribution >= 4 is 12.2 Å². The Morgan fingerprint density at radius 3 is 1.61 bits per heavy atom. The Kier molecular flexibility index (Phi) is 8.06. The van der Waals surface area contributed by atoms with Crippen molar-refractivity contribution in [2.24, 2.45) is 0 Å². The Labute approximate surface area is 117 Å². The molecule has 18 heavy (non-hydrogen) atoms. The number of unbranched alkanes of at least 4 members (excludes halogenated alkanes) is 6. The van der Waals surface area contributed by atoms with E-state index in [0.717, 1.165) is 17.9 Å². The van der Waals surface area contributed by atoms with Gasteiger partial charge < -0.3 is 9.13 Å². The van der Waals surface area contributed by atoms with Crippen LogP contribution in [-0.4, -0.2) is 9.13 Å². The molecule has 1 rings (SSSR count). The van der Waals surface area contributed by atoms with Crippen LogP contribution in [0.1, 0.15) is 65.2 Å². The Bertz CT molecular complexity index is 332. The van der Waals surface area contributed by atoms with Gasteiger partial charge in [0.15, 0.2) is 4.77 Å². The predicted molar refractivity (Wildman–Crippen MR) is 81.5 cm³/mol. The lowest BCUT2D eigenvalue weighted by Crippen LogP contribution is -2.01. The molecular weight excluding hydrogens is 240 g/mol. The van der Waals surface area contributed by atoms with Crippen LogP contribution in [0.4, 0.5) is 0 Å². The zero-order valence-corrected chi connectivity index (χ0v) is 12.8. The summed E-state index contributed by atoms with van der Waals surface area (Å²) in [6, 6.07) is 0. The normalized spacial score (nSPS) is 11.0. The van der Waals surface area contributed by atoms with E-state index in [1.807, 2.05) is 0 Å². The second-order valence-corrected chi connectivity index (χ2v) is 5.45. The maximum Gasteiger partial charge on any atom is 0.179 e. The van der Waals surface area contributed by atoms with Crippen LogP contribution in [0.2, 0.25) is 0 Å². The van der Waals surface area contributed by atoms with Gasteiger partial charge in [0.2, 0.25) is 0 Å². The second-order valence-electron chi connectivity index (χ2n) is 5.09. The molecule has 0 radical (unpaired) electrons. The van der Waals surface area contributed by atoms with Crippen molar-refractivity contribution in [1.82, 2.24) is 9.13 Å². The van der Waals surface area contributed by atoms with E-state index in [9.17, 15) is 0 Å². The van der Waals surface area contributed by atoms with Crippen LogP contribution in [-0.2, 0) is 13.1 Å². The van der Waals surface area contributed by atoms with E-state index in [2.05, 4.69) is 35.4 Å². The molecule has 104 valence electrons. The molecule has 1 aromatic rings. The molecule has 0 spiro atoms. The van der Waals surface area contributed by atoms with Crippen LogP contribution in [0.5, 0.6) is 0 Å². The molecule has 3 heteroatoms. The van der Waals surface area contributed by atoms with E-state index in [1.54, 1.807) is 0 Å². The van der Waals surface area contributed by atoms with Gasteiger partial charge in [-0.1, -0.05) is 52.4 Å². The molecule has 0 saturated heterocycles. The van der Waals surface area contributed by atoms with Crippen molar-refractivity contribution < 1.29 is 0 Å². The number of aryl methyl sites for hydroxylation is 2. The number of imidazole rings is 1. The highest BCUT2D eigenvalue weighted by Gasteiger charge is 1.99. The fourth-order valence-corrected chi connectivity index (χ4v) is 2.52. The summed E-state index contributed by atoms with van der Waals surface area (Å²) >= 11 is 5.51. The lowest BCUT2D eigenvalue weighted by Gasteiger charge is -2.04. The van der Waals surface area contributed by atoms with Gasteiger partial charge in [0.1, 0.15) is 0 Å². The standard InChI is InChI=1S/C15H28N2S/c1-3-5-7-9-11-16-13-14-17(15(16)18)12-10-8-6-4-2/h13-14H,3-12H2,1-2H3. The number of hydrogen-bond acceptors (Lipinski definition) is 1. The molecular formula is C15H28N2S. The SMILES string of the molecule is CCCCCCn1ccn(CCCCCC)c1=S. The van der Waals surface area contributed by atoms with Gasteiger partial charge in [0, 0.05) is 25.5 Å². The fraction of sp³-hybridized carbons (Fsp3) is 0.800. The van der Waals surface area contributed by atoms with E-state index in [4.69, 9.17) is 12.2 Å². The summed E-state index contributed by atoms with van der Waals surface area (Å²) in [6.45, 7) is 6.67. The third-order valence-electron chi connectivity index (χ3n) is 3.42. The van der Waals surface area contributed by atoms with E-state index >= 15 is 0 Å². The van der Waals surface area contributed by atoms with E-state index in [1.165, 1.54) is 51.4 Å². The van der Waals surface area contributed by atoms with E-state index in [0.29, 0.717) is 0 Å². The van der Waals surface area contributed by atoms with E-state index < -0.39 is 0 Å². The predicted octanol–water partition coefficient (Wildman–Crippen LogP) is 5.18. The van der Waals surface area contributed by atoms with Crippen LogP contribution in [0.15, 0.2) is 12.4 Å². The molecule has 0 aromatic carbocycles. The first-order valence-electron chi connectivity index (χ1n) is 7.55. The van der Waals surface area contributed by atoms with Crippen LogP contribution in [0.3, 0.4) is 0 Å². The van der Waals surface area contributed by atoms with Gasteiger partial charge in [-0.2, -0.15) is 0 Å². The highest BCUT2D eigenvalue weighted by atomic mass is 32.1. The first-order valence-corrected chi connectivity index (χ1v) is 7.96. The number of hydrogen-bond donors (Lipinski definition) is 0. The average Bonchev–Trinajstić information content (AvgIpc) is 2.72. The highest BCUT2D eigenvalue weighted by Crippen LogP contribution is 2.07. The van der Waals surface area contributed by atoms with Gasteiger partial charge in [-0.15, -0.1) is 0 Å². The van der Waals surface area contributed by atoms with Gasteiger partial charge in [0.25, 0.3) is 0 Å². The summed E-state index contributed by atoms with van der Waals surface area (Å²) in [4.78, 5) is 0. The fourth-order valence-electron chi connectivity index (χ4n) is 2.21. The summed E-state index contributed by atoms with van der Waals surface area (Å²) in [5.74, 6) is 0. The minimum Gasteiger partial charge on any atom is -0.324 e. The molecule has 0 saturated carbocycles. The third-order valence-corrected chi connectivity index (χ3v) is 3.89. The number of aromatic nitrogens is 2. The van der Waals surface area contributed by atoms with E-state index in [-0.39, 0.29) is 0 Å². The zero-order chi connectivity index (χ0) is 13.2. The lowest BCUT2D eigenvalue weighted by molar-refractivity contribution is 0.546. The Morgan fingerprint density at radius 2 is 1.22 bits per heavy atom. The van der Waals surface area contributed by atoms with Crippen LogP contribution < -0.4 is 0 Å². The summed E-state index contributed by atoms with van der Waals surface area (Å²) in [5, 5.41) is 0. The topological polar surface area (TPSA) is 9.86 Å². The molecule has 0 aliphatic heterocycles. The van der Waals surface area contributed by atoms with Gasteiger partial charge in [-0.05, 0) is 25.1 Å². The monoisotopic (exact) mass is 268 g/mol. The third kappa shape index (κ3) is 5.38. The summed E-state index contributed by atoms with van der Waals surface area (Å²) in [5.41, 5.74) is 0. The van der Waals surface area contributed by atoms with Crippen molar-refractivity contribution in [3.63, 3.8) is 0 Å². The minimum absolute atomic E-state index is 1.00. The zero-order valence-electron chi connectivity index (χ0n) is 12.0. The van der Waals surface area contributed by atoms with Gasteiger partial charge >= 0.3 is 0 Å². The van der Waals surface area contributed by atoms with Gasteiger partial charge in [-0.3, -0.25) is 0 Å².